The number of hydrogen-bond acceptors (Lipinski definition) is 2. The standard InChI is InChI=1S/C20H14Br4S2/c1-19(2)9-5-8-10(6-7(9)15-11(19)13(21)17(23)25-15)20(3,4)12-14(22)18(24)26-16(8)12/h5-6H,1-4H3. The molecule has 2 aliphatic carbocycles. The third kappa shape index (κ3) is 2.10. The van der Waals surface area contributed by atoms with Crippen molar-refractivity contribution in [2.75, 3.05) is 0 Å². The van der Waals surface area contributed by atoms with Crippen LogP contribution in [0.4, 0.5) is 0 Å². The van der Waals surface area contributed by atoms with Crippen molar-refractivity contribution in [2.45, 2.75) is 38.5 Å². The molecular weight excluding hydrogens is 624 g/mol. The van der Waals surface area contributed by atoms with Crippen LogP contribution in [0.25, 0.3) is 20.9 Å². The molecule has 134 valence electrons. The van der Waals surface area contributed by atoms with Gasteiger partial charge in [0.15, 0.2) is 0 Å². The Hall–Kier alpha value is 0.540. The Kier molecular flexibility index (Phi) is 3.98. The molecule has 5 rings (SSSR count). The second-order valence-electron chi connectivity index (χ2n) is 7.98. The maximum atomic E-state index is 3.82. The van der Waals surface area contributed by atoms with E-state index in [0.717, 1.165) is 0 Å². The third-order valence-corrected chi connectivity index (χ3v) is 12.8. The van der Waals surface area contributed by atoms with Crippen molar-refractivity contribution in [3.63, 3.8) is 0 Å². The molecule has 3 aromatic rings. The van der Waals surface area contributed by atoms with E-state index in [-0.39, 0.29) is 10.8 Å². The fourth-order valence-electron chi connectivity index (χ4n) is 4.54. The summed E-state index contributed by atoms with van der Waals surface area (Å²) in [5.41, 5.74) is 8.51. The topological polar surface area (TPSA) is 0 Å². The molecule has 2 aliphatic rings. The molecule has 26 heavy (non-hydrogen) atoms. The molecule has 0 saturated heterocycles. The predicted molar refractivity (Wildman–Crippen MR) is 128 cm³/mol. The molecule has 0 unspecified atom stereocenters. The number of halogens is 4. The van der Waals surface area contributed by atoms with Gasteiger partial charge in [-0.25, -0.2) is 0 Å². The van der Waals surface area contributed by atoms with E-state index in [1.165, 1.54) is 59.7 Å². The maximum Gasteiger partial charge on any atom is 0.0850 e. The first-order valence-electron chi connectivity index (χ1n) is 8.23. The van der Waals surface area contributed by atoms with Gasteiger partial charge in [-0.05, 0) is 109 Å². The van der Waals surface area contributed by atoms with Gasteiger partial charge in [0.25, 0.3) is 0 Å². The van der Waals surface area contributed by atoms with Gasteiger partial charge < -0.3 is 0 Å². The number of benzene rings is 1. The Morgan fingerprint density at radius 1 is 0.654 bits per heavy atom. The second-order valence-corrected chi connectivity index (χ2v) is 14.2. The van der Waals surface area contributed by atoms with Crippen molar-refractivity contribution < 1.29 is 0 Å². The Labute approximate surface area is 194 Å². The molecule has 0 spiro atoms. The van der Waals surface area contributed by atoms with E-state index in [9.17, 15) is 0 Å². The molecule has 0 amide bonds. The van der Waals surface area contributed by atoms with E-state index < -0.39 is 0 Å². The van der Waals surface area contributed by atoms with Crippen LogP contribution in [-0.2, 0) is 10.8 Å². The largest absolute Gasteiger partial charge is 0.127 e. The number of rotatable bonds is 0. The van der Waals surface area contributed by atoms with Gasteiger partial charge in [0, 0.05) is 29.5 Å². The molecule has 0 atom stereocenters. The van der Waals surface area contributed by atoms with E-state index in [1.54, 1.807) is 0 Å². The fraction of sp³-hybridized carbons (Fsp3) is 0.300. The van der Waals surface area contributed by atoms with E-state index in [1.807, 2.05) is 22.7 Å². The van der Waals surface area contributed by atoms with Crippen LogP contribution in [0.3, 0.4) is 0 Å². The summed E-state index contributed by atoms with van der Waals surface area (Å²) in [5, 5.41) is 0. The van der Waals surface area contributed by atoms with Gasteiger partial charge >= 0.3 is 0 Å². The lowest BCUT2D eigenvalue weighted by atomic mass is 9.79. The SMILES string of the molecule is CC1(C)c2cc3c(cc2-c2sc(Br)c(Br)c21)C(C)(C)c1c-3sc(Br)c1Br. The average Bonchev–Trinajstić information content (AvgIpc) is 3.16. The summed E-state index contributed by atoms with van der Waals surface area (Å²) in [4.78, 5) is 2.80. The van der Waals surface area contributed by atoms with Gasteiger partial charge in [-0.3, -0.25) is 0 Å². The summed E-state index contributed by atoms with van der Waals surface area (Å²) in [6, 6.07) is 4.92. The number of thiophene rings is 2. The van der Waals surface area contributed by atoms with Crippen LogP contribution >= 0.6 is 86.4 Å². The zero-order chi connectivity index (χ0) is 18.8. The first-order chi connectivity index (χ1) is 12.1. The van der Waals surface area contributed by atoms with Crippen LogP contribution in [-0.4, -0.2) is 0 Å². The summed E-state index contributed by atoms with van der Waals surface area (Å²) in [6.07, 6.45) is 0. The number of hydrogen-bond donors (Lipinski definition) is 0. The molecule has 0 N–H and O–H groups in total. The zero-order valence-corrected chi connectivity index (χ0v) is 22.5. The molecule has 0 bridgehead atoms. The second kappa shape index (κ2) is 5.57. The smallest absolute Gasteiger partial charge is 0.0850 e. The van der Waals surface area contributed by atoms with Crippen LogP contribution in [0.15, 0.2) is 28.7 Å². The predicted octanol–water partition coefficient (Wildman–Crippen LogP) is 9.47. The summed E-state index contributed by atoms with van der Waals surface area (Å²) >= 11 is 18.8. The fourth-order valence-corrected chi connectivity index (χ4v) is 10.3. The molecule has 0 nitrogen and oxygen atoms in total. The highest BCUT2D eigenvalue weighted by molar-refractivity contribution is 9.14. The van der Waals surface area contributed by atoms with Crippen LogP contribution in [0, 0.1) is 0 Å². The van der Waals surface area contributed by atoms with E-state index in [2.05, 4.69) is 104 Å². The minimum atomic E-state index is -0.000327. The van der Waals surface area contributed by atoms with E-state index in [0.29, 0.717) is 0 Å². The van der Waals surface area contributed by atoms with Crippen LogP contribution in [0.2, 0.25) is 0 Å². The summed E-state index contributed by atoms with van der Waals surface area (Å²) in [7, 11) is 0. The van der Waals surface area contributed by atoms with Crippen molar-refractivity contribution in [3.8, 4) is 20.9 Å². The summed E-state index contributed by atoms with van der Waals surface area (Å²) in [6.45, 7) is 9.37. The van der Waals surface area contributed by atoms with Crippen LogP contribution in [0.5, 0.6) is 0 Å². The lowest BCUT2D eigenvalue weighted by Crippen LogP contribution is -2.17. The summed E-state index contributed by atoms with van der Waals surface area (Å²) in [5.74, 6) is 0. The van der Waals surface area contributed by atoms with E-state index in [4.69, 9.17) is 0 Å². The molecule has 2 aromatic heterocycles. The van der Waals surface area contributed by atoms with Crippen molar-refractivity contribution >= 4 is 86.4 Å². The number of fused-ring (bicyclic) bond motifs is 6. The first-order valence-corrected chi connectivity index (χ1v) is 13.0. The lowest BCUT2D eigenvalue weighted by Gasteiger charge is -2.25. The molecule has 0 aliphatic heterocycles. The quantitative estimate of drug-likeness (QED) is 0.230. The van der Waals surface area contributed by atoms with Gasteiger partial charge in [-0.2, -0.15) is 0 Å². The van der Waals surface area contributed by atoms with Crippen LogP contribution < -0.4 is 0 Å². The van der Waals surface area contributed by atoms with Crippen molar-refractivity contribution in [1.29, 1.82) is 0 Å². The Bertz CT molecular complexity index is 1040. The average molecular weight is 638 g/mol. The molecule has 1 aromatic carbocycles. The zero-order valence-electron chi connectivity index (χ0n) is 14.5. The maximum absolute atomic E-state index is 3.82. The monoisotopic (exact) mass is 634 g/mol. The highest BCUT2D eigenvalue weighted by Gasteiger charge is 2.45. The molecule has 0 radical (unpaired) electrons. The molecule has 6 heteroatoms. The Morgan fingerprint density at radius 3 is 1.35 bits per heavy atom. The molecular formula is C20H14Br4S2. The van der Waals surface area contributed by atoms with Gasteiger partial charge in [0.1, 0.15) is 0 Å². The summed E-state index contributed by atoms with van der Waals surface area (Å²) < 4.78 is 4.79. The van der Waals surface area contributed by atoms with Crippen molar-refractivity contribution in [2.24, 2.45) is 0 Å². The van der Waals surface area contributed by atoms with Gasteiger partial charge in [-0.1, -0.05) is 27.7 Å². The molecule has 2 heterocycles. The lowest BCUT2D eigenvalue weighted by molar-refractivity contribution is 0.649. The van der Waals surface area contributed by atoms with Gasteiger partial charge in [0.2, 0.25) is 0 Å². The highest BCUT2D eigenvalue weighted by Crippen LogP contribution is 2.62. The van der Waals surface area contributed by atoms with Crippen molar-refractivity contribution in [1.82, 2.24) is 0 Å². The Balaban J connectivity index is 1.87. The van der Waals surface area contributed by atoms with Gasteiger partial charge in [0.05, 0.1) is 7.57 Å². The normalized spacial score (nSPS) is 17.8. The minimum Gasteiger partial charge on any atom is -0.127 e. The van der Waals surface area contributed by atoms with E-state index >= 15 is 0 Å². The Morgan fingerprint density at radius 2 is 1.00 bits per heavy atom. The van der Waals surface area contributed by atoms with Crippen LogP contribution in [0.1, 0.15) is 49.9 Å². The van der Waals surface area contributed by atoms with Crippen molar-refractivity contribution in [3.05, 3.63) is 50.9 Å². The van der Waals surface area contributed by atoms with Gasteiger partial charge in [-0.15, -0.1) is 22.7 Å². The highest BCUT2D eigenvalue weighted by atomic mass is 79.9. The molecule has 0 fully saturated rings. The molecule has 0 saturated carbocycles. The first kappa shape index (κ1) is 18.6. The third-order valence-electron chi connectivity index (χ3n) is 5.87. The minimum absolute atomic E-state index is 0.000327.